The zero-order valence-electron chi connectivity index (χ0n) is 86.4. The lowest BCUT2D eigenvalue weighted by Gasteiger charge is -2.30. The molecule has 6 heteroatoms. The first kappa shape index (κ1) is 90.8. The van der Waals surface area contributed by atoms with Crippen LogP contribution in [0.4, 0.5) is 51.2 Å². The van der Waals surface area contributed by atoms with Crippen molar-refractivity contribution in [2.75, 3.05) is 14.7 Å². The van der Waals surface area contributed by atoms with Gasteiger partial charge in [0, 0.05) is 135 Å². The molecular weight excluding hydrogens is 1850 g/mol. The molecule has 0 atom stereocenters. The van der Waals surface area contributed by atoms with Crippen molar-refractivity contribution in [2.45, 2.75) is 116 Å². The summed E-state index contributed by atoms with van der Waals surface area (Å²) in [6.45, 7) is 28.4. The number of para-hydroxylation sites is 1. The van der Waals surface area contributed by atoms with Crippen molar-refractivity contribution in [3.8, 4) is 100 Å². The van der Waals surface area contributed by atoms with Gasteiger partial charge >= 0.3 is 0 Å². The van der Waals surface area contributed by atoms with Crippen LogP contribution < -0.4 is 14.7 Å². The summed E-state index contributed by atoms with van der Waals surface area (Å²) in [6.07, 6.45) is 0. The van der Waals surface area contributed by atoms with Crippen LogP contribution in [0.5, 0.6) is 0 Å². The Labute approximate surface area is 885 Å². The molecule has 3 heterocycles. The highest BCUT2D eigenvalue weighted by Gasteiger charge is 2.45. The largest absolute Gasteiger partial charge is 0.456 e. The van der Waals surface area contributed by atoms with Gasteiger partial charge in [0.15, 0.2) is 0 Å². The molecule has 0 aliphatic heterocycles. The lowest BCUT2D eigenvalue weighted by molar-refractivity contribution is 0.656. The molecule has 30 rings (SSSR count). The molecule has 0 bridgehead atoms. The molecule has 4 nitrogen and oxygen atoms in total. The molecule has 720 valence electrons. The van der Waals surface area contributed by atoms with Crippen molar-refractivity contribution in [3.63, 3.8) is 0 Å². The summed E-state index contributed by atoms with van der Waals surface area (Å²) in [5.74, 6) is 0. The van der Waals surface area contributed by atoms with Gasteiger partial charge in [0.1, 0.15) is 11.2 Å². The van der Waals surface area contributed by atoms with Crippen molar-refractivity contribution < 1.29 is 4.42 Å². The molecule has 6 aliphatic carbocycles. The minimum absolute atomic E-state index is 0.0346. The normalized spacial score (nSPS) is 14.7. The number of anilines is 9. The van der Waals surface area contributed by atoms with E-state index in [9.17, 15) is 0 Å². The molecule has 0 unspecified atom stereocenters. The van der Waals surface area contributed by atoms with Crippen LogP contribution in [-0.2, 0) is 32.5 Å². The third-order valence-corrected chi connectivity index (χ3v) is 36.7. The van der Waals surface area contributed by atoms with Crippen LogP contribution >= 0.6 is 22.7 Å². The average Bonchev–Trinajstić information content (AvgIpc) is 1.58. The molecule has 0 saturated heterocycles. The van der Waals surface area contributed by atoms with Crippen LogP contribution in [0.25, 0.3) is 162 Å². The number of thiophene rings is 2. The number of hydrogen-bond donors (Lipinski definition) is 0. The van der Waals surface area contributed by atoms with E-state index in [0.717, 1.165) is 39.6 Å². The molecular formula is C144H111N3OS2. The van der Waals surface area contributed by atoms with Crippen LogP contribution in [0.15, 0.2) is 459 Å². The Morgan fingerprint density at radius 1 is 0.160 bits per heavy atom. The summed E-state index contributed by atoms with van der Waals surface area (Å²) < 4.78 is 11.8. The van der Waals surface area contributed by atoms with E-state index in [1.807, 2.05) is 22.7 Å². The molecule has 0 fully saturated rings. The summed E-state index contributed by atoms with van der Waals surface area (Å²) >= 11 is 3.80. The molecule has 0 N–H and O–H groups in total. The SMILES string of the molecule is CC1(C)c2ccccc2-c2cc(N(c3ccc(-c4ccccc4)cc3)c3ccc4c(c3)C(C)(C)c3ccc5oc6ccccc6c5c3-4)ccc21.CC1(C)c2ccccc2-c2cc(N(c3ccc(-c4ccccc4)cc3)c3ccc4c(c3)C(C)(C)c3ccc5sc6ccccc6c5c3-4)ccc21.CC1(C)c2ccccc2-c2ccc(N(c3ccc(-c4ccccc4)cc3)c3ccc4c(c3)C(C)(C)c3ccc5sc6ccccc6c5c3-4)cc21. The van der Waals surface area contributed by atoms with Crippen molar-refractivity contribution in [1.82, 2.24) is 0 Å². The zero-order chi connectivity index (χ0) is 101. The Kier molecular flexibility index (Phi) is 20.5. The van der Waals surface area contributed by atoms with Gasteiger partial charge in [0.05, 0.1) is 0 Å². The Morgan fingerprint density at radius 3 is 0.800 bits per heavy atom. The van der Waals surface area contributed by atoms with Gasteiger partial charge in [0.2, 0.25) is 0 Å². The van der Waals surface area contributed by atoms with Crippen molar-refractivity contribution >= 4 is 136 Å². The van der Waals surface area contributed by atoms with E-state index >= 15 is 0 Å². The van der Waals surface area contributed by atoms with Gasteiger partial charge in [-0.25, -0.2) is 0 Å². The smallest absolute Gasteiger partial charge is 0.136 e. The minimum atomic E-state index is -0.184. The number of benzene rings is 21. The first-order valence-electron chi connectivity index (χ1n) is 52.8. The standard InChI is InChI=1S/C48H37NO.2C48H37NS/c2*1-47(2)39-16-10-8-14-35(39)38-28-33(23-25-40(38)47)49(32-20-18-31(19-21-32)30-12-6-5-7-13-30)34-22-24-36-42(29-34)48(3,4)41-26-27-44-46(45(36)41)37-15-9-11-17-43(37)50-44;1-47(2)39-16-10-8-14-35(39)36-24-22-33(28-41(36)47)49(32-20-18-31(19-21-32)30-12-6-5-7-13-30)34-23-25-37-42(29-34)48(3,4)40-26-27-44-46(45(37)40)38-15-9-11-17-43(38)50-44/h3*5-29H,1-4H3. The van der Waals surface area contributed by atoms with Gasteiger partial charge < -0.3 is 19.1 Å². The molecule has 150 heavy (non-hydrogen) atoms. The quantitative estimate of drug-likeness (QED) is 0.122. The lowest BCUT2D eigenvalue weighted by atomic mass is 9.82. The summed E-state index contributed by atoms with van der Waals surface area (Å²) in [5.41, 5.74) is 51.7. The van der Waals surface area contributed by atoms with E-state index in [1.165, 1.54) is 241 Å². The van der Waals surface area contributed by atoms with E-state index in [0.29, 0.717) is 0 Å². The van der Waals surface area contributed by atoms with Gasteiger partial charge in [-0.3, -0.25) is 0 Å². The fourth-order valence-corrected chi connectivity index (χ4v) is 28.9. The van der Waals surface area contributed by atoms with Gasteiger partial charge in [-0.15, -0.1) is 22.7 Å². The fraction of sp³-hybridized carbons (Fsp3) is 0.125. The van der Waals surface area contributed by atoms with Crippen molar-refractivity contribution in [1.29, 1.82) is 0 Å². The summed E-state index contributed by atoms with van der Waals surface area (Å²) in [7, 11) is 0. The Balaban J connectivity index is 0.000000108. The highest BCUT2D eigenvalue weighted by molar-refractivity contribution is 7.26. The Morgan fingerprint density at radius 2 is 0.413 bits per heavy atom. The minimum Gasteiger partial charge on any atom is -0.456 e. The predicted molar refractivity (Wildman–Crippen MR) is 638 cm³/mol. The maximum Gasteiger partial charge on any atom is 0.136 e. The van der Waals surface area contributed by atoms with Gasteiger partial charge in [-0.2, -0.15) is 0 Å². The highest BCUT2D eigenvalue weighted by atomic mass is 32.1. The van der Waals surface area contributed by atoms with Gasteiger partial charge in [0.25, 0.3) is 0 Å². The molecule has 0 amide bonds. The maximum atomic E-state index is 6.35. The zero-order valence-corrected chi connectivity index (χ0v) is 88.0. The van der Waals surface area contributed by atoms with E-state index in [4.69, 9.17) is 4.42 Å². The van der Waals surface area contributed by atoms with Crippen molar-refractivity contribution in [3.05, 3.63) is 522 Å². The fourth-order valence-electron chi connectivity index (χ4n) is 26.7. The van der Waals surface area contributed by atoms with Crippen LogP contribution in [-0.4, -0.2) is 0 Å². The van der Waals surface area contributed by atoms with Crippen molar-refractivity contribution in [2.24, 2.45) is 0 Å². The molecule has 6 aliphatic rings. The molecule has 0 saturated carbocycles. The first-order chi connectivity index (χ1) is 72.9. The van der Waals surface area contributed by atoms with Crippen LogP contribution in [0.3, 0.4) is 0 Å². The Hall–Kier alpha value is -16.7. The third kappa shape index (κ3) is 13.9. The number of nitrogens with zero attached hydrogens (tertiary/aromatic N) is 3. The lowest BCUT2D eigenvalue weighted by Crippen LogP contribution is -2.18. The number of rotatable bonds is 12. The number of furan rings is 1. The second kappa shape index (κ2) is 33.9. The summed E-state index contributed by atoms with van der Waals surface area (Å²) in [6, 6.07) is 169. The molecule has 0 spiro atoms. The molecule has 24 aromatic rings. The number of fused-ring (bicyclic) bond motifs is 30. The third-order valence-electron chi connectivity index (χ3n) is 34.4. The van der Waals surface area contributed by atoms with E-state index in [-0.39, 0.29) is 32.5 Å². The monoisotopic (exact) mass is 1960 g/mol. The van der Waals surface area contributed by atoms with Crippen LogP contribution in [0.1, 0.15) is 150 Å². The average molecular weight is 1960 g/mol. The number of hydrogen-bond acceptors (Lipinski definition) is 6. The summed E-state index contributed by atoms with van der Waals surface area (Å²) in [4.78, 5) is 7.35. The summed E-state index contributed by atoms with van der Waals surface area (Å²) in [5, 5.41) is 7.91. The molecule has 3 aromatic heterocycles. The van der Waals surface area contributed by atoms with E-state index in [1.54, 1.807) is 0 Å². The van der Waals surface area contributed by atoms with E-state index in [2.05, 4.69) is 553 Å². The van der Waals surface area contributed by atoms with E-state index < -0.39 is 0 Å². The second-order valence-electron chi connectivity index (χ2n) is 44.9. The highest BCUT2D eigenvalue weighted by Crippen LogP contribution is 2.63. The van der Waals surface area contributed by atoms with Crippen LogP contribution in [0, 0.1) is 0 Å². The Bertz CT molecular complexity index is 9310. The van der Waals surface area contributed by atoms with Gasteiger partial charge in [-0.1, -0.05) is 392 Å². The first-order valence-corrected chi connectivity index (χ1v) is 54.4. The molecule has 0 radical (unpaired) electrons. The maximum absolute atomic E-state index is 6.35. The predicted octanol–water partition coefficient (Wildman–Crippen LogP) is 40.9. The van der Waals surface area contributed by atoms with Gasteiger partial charge in [-0.05, 0) is 312 Å². The van der Waals surface area contributed by atoms with Crippen LogP contribution in [0.2, 0.25) is 0 Å². The second-order valence-corrected chi connectivity index (χ2v) is 47.1. The topological polar surface area (TPSA) is 22.9 Å². The molecule has 21 aromatic carbocycles.